The molecule has 1 aliphatic carbocycles. The Morgan fingerprint density at radius 3 is 2.57 bits per heavy atom. The standard InChI is InChI=1S/C16H28N4S/c1-13-18-14(12-21-13)11-15(19-17)16(7-3-4-8-16)20-9-5-2-6-10-20/h12,15,19H,2-11,17H2,1H3. The number of aryl methyl sites for hydroxylation is 1. The molecule has 1 aliphatic heterocycles. The van der Waals surface area contributed by atoms with E-state index in [1.807, 2.05) is 0 Å². The van der Waals surface area contributed by atoms with Gasteiger partial charge in [-0.2, -0.15) is 0 Å². The Kier molecular flexibility index (Phi) is 4.94. The first-order valence-corrected chi connectivity index (χ1v) is 9.25. The molecule has 1 saturated carbocycles. The summed E-state index contributed by atoms with van der Waals surface area (Å²) in [5.41, 5.74) is 4.62. The van der Waals surface area contributed by atoms with Crippen LogP contribution in [0.3, 0.4) is 0 Å². The Morgan fingerprint density at radius 1 is 1.29 bits per heavy atom. The van der Waals surface area contributed by atoms with Gasteiger partial charge in [-0.15, -0.1) is 11.3 Å². The lowest BCUT2D eigenvalue weighted by atomic mass is 9.82. The summed E-state index contributed by atoms with van der Waals surface area (Å²) in [6.07, 6.45) is 10.3. The average molecular weight is 308 g/mol. The molecule has 1 aromatic heterocycles. The molecule has 118 valence electrons. The van der Waals surface area contributed by atoms with Crippen LogP contribution in [-0.4, -0.2) is 34.6 Å². The minimum Gasteiger partial charge on any atom is -0.296 e. The average Bonchev–Trinajstić information content (AvgIpc) is 3.15. The lowest BCUT2D eigenvalue weighted by molar-refractivity contribution is 0.0364. The minimum absolute atomic E-state index is 0.257. The van der Waals surface area contributed by atoms with Crippen molar-refractivity contribution < 1.29 is 0 Å². The van der Waals surface area contributed by atoms with Gasteiger partial charge in [0.2, 0.25) is 0 Å². The fraction of sp³-hybridized carbons (Fsp3) is 0.812. The van der Waals surface area contributed by atoms with Crippen LogP contribution in [0.15, 0.2) is 5.38 Å². The van der Waals surface area contributed by atoms with Gasteiger partial charge in [-0.1, -0.05) is 19.3 Å². The van der Waals surface area contributed by atoms with Gasteiger partial charge in [-0.25, -0.2) is 4.98 Å². The number of piperidine rings is 1. The number of nitrogens with two attached hydrogens (primary N) is 1. The van der Waals surface area contributed by atoms with Crippen molar-refractivity contribution in [2.24, 2.45) is 5.84 Å². The van der Waals surface area contributed by atoms with E-state index in [1.165, 1.54) is 63.7 Å². The maximum atomic E-state index is 6.00. The van der Waals surface area contributed by atoms with Crippen molar-refractivity contribution in [3.8, 4) is 0 Å². The van der Waals surface area contributed by atoms with Gasteiger partial charge < -0.3 is 0 Å². The van der Waals surface area contributed by atoms with Crippen molar-refractivity contribution >= 4 is 11.3 Å². The molecule has 1 unspecified atom stereocenters. The number of thiazole rings is 1. The third kappa shape index (κ3) is 3.16. The van der Waals surface area contributed by atoms with Crippen molar-refractivity contribution in [2.45, 2.75) is 69.9 Å². The third-order valence-electron chi connectivity index (χ3n) is 5.38. The van der Waals surface area contributed by atoms with E-state index in [4.69, 9.17) is 5.84 Å². The number of likely N-dealkylation sites (tertiary alicyclic amines) is 1. The number of nitrogens with zero attached hydrogens (tertiary/aromatic N) is 2. The predicted molar refractivity (Wildman–Crippen MR) is 88.3 cm³/mol. The fourth-order valence-electron chi connectivity index (χ4n) is 4.33. The van der Waals surface area contributed by atoms with E-state index >= 15 is 0 Å². The zero-order chi connectivity index (χ0) is 14.7. The zero-order valence-corrected chi connectivity index (χ0v) is 13.9. The maximum absolute atomic E-state index is 6.00. The maximum Gasteiger partial charge on any atom is 0.0897 e. The Balaban J connectivity index is 1.79. The number of nitrogens with one attached hydrogen (secondary N) is 1. The van der Waals surface area contributed by atoms with E-state index in [0.29, 0.717) is 6.04 Å². The van der Waals surface area contributed by atoms with Gasteiger partial charge in [0.1, 0.15) is 0 Å². The Hall–Kier alpha value is -0.490. The van der Waals surface area contributed by atoms with E-state index in [9.17, 15) is 0 Å². The summed E-state index contributed by atoms with van der Waals surface area (Å²) >= 11 is 1.74. The second kappa shape index (κ2) is 6.73. The summed E-state index contributed by atoms with van der Waals surface area (Å²) in [5, 5.41) is 3.35. The second-order valence-corrected chi connectivity index (χ2v) is 7.70. The van der Waals surface area contributed by atoms with Crippen LogP contribution in [0.4, 0.5) is 0 Å². The highest BCUT2D eigenvalue weighted by Crippen LogP contribution is 2.40. The molecule has 21 heavy (non-hydrogen) atoms. The summed E-state index contributed by atoms with van der Waals surface area (Å²) in [6, 6.07) is 0.319. The van der Waals surface area contributed by atoms with Crippen molar-refractivity contribution in [2.75, 3.05) is 13.1 Å². The van der Waals surface area contributed by atoms with Gasteiger partial charge in [0.25, 0.3) is 0 Å². The summed E-state index contributed by atoms with van der Waals surface area (Å²) in [6.45, 7) is 4.57. The molecule has 4 nitrogen and oxygen atoms in total. The molecule has 1 atom stereocenters. The van der Waals surface area contributed by atoms with Gasteiger partial charge in [-0.05, 0) is 45.7 Å². The van der Waals surface area contributed by atoms with Gasteiger partial charge in [0, 0.05) is 23.4 Å². The zero-order valence-electron chi connectivity index (χ0n) is 13.1. The molecule has 2 fully saturated rings. The molecular formula is C16H28N4S. The van der Waals surface area contributed by atoms with Crippen molar-refractivity contribution in [1.29, 1.82) is 0 Å². The molecule has 0 bridgehead atoms. The molecule has 0 amide bonds. The van der Waals surface area contributed by atoms with Gasteiger partial charge in [0.05, 0.1) is 10.7 Å². The second-order valence-electron chi connectivity index (χ2n) is 6.64. The molecule has 0 radical (unpaired) electrons. The third-order valence-corrected chi connectivity index (χ3v) is 6.21. The van der Waals surface area contributed by atoms with Crippen molar-refractivity contribution in [1.82, 2.24) is 15.3 Å². The lowest BCUT2D eigenvalue weighted by Gasteiger charge is -2.48. The normalized spacial score (nSPS) is 24.3. The number of hydrogen-bond acceptors (Lipinski definition) is 5. The summed E-state index contributed by atoms with van der Waals surface area (Å²) in [7, 11) is 0. The largest absolute Gasteiger partial charge is 0.296 e. The summed E-state index contributed by atoms with van der Waals surface area (Å²) < 4.78 is 0. The highest BCUT2D eigenvalue weighted by molar-refractivity contribution is 7.09. The fourth-order valence-corrected chi connectivity index (χ4v) is 4.95. The highest BCUT2D eigenvalue weighted by Gasteiger charge is 2.45. The Morgan fingerprint density at radius 2 is 2.00 bits per heavy atom. The van der Waals surface area contributed by atoms with Crippen molar-refractivity contribution in [3.63, 3.8) is 0 Å². The van der Waals surface area contributed by atoms with Gasteiger partial charge in [-0.3, -0.25) is 16.2 Å². The van der Waals surface area contributed by atoms with E-state index in [1.54, 1.807) is 11.3 Å². The molecule has 2 heterocycles. The quantitative estimate of drug-likeness (QED) is 0.648. The first kappa shape index (κ1) is 15.4. The first-order valence-electron chi connectivity index (χ1n) is 8.37. The number of rotatable bonds is 5. The van der Waals surface area contributed by atoms with E-state index in [0.717, 1.165) is 11.4 Å². The lowest BCUT2D eigenvalue weighted by Crippen LogP contribution is -2.63. The van der Waals surface area contributed by atoms with Gasteiger partial charge >= 0.3 is 0 Å². The van der Waals surface area contributed by atoms with E-state index < -0.39 is 0 Å². The number of hydrogen-bond donors (Lipinski definition) is 2. The van der Waals surface area contributed by atoms with Crippen LogP contribution in [0.25, 0.3) is 0 Å². The monoisotopic (exact) mass is 308 g/mol. The van der Waals surface area contributed by atoms with Crippen LogP contribution < -0.4 is 11.3 Å². The first-order chi connectivity index (χ1) is 10.2. The molecule has 5 heteroatoms. The Labute approximate surface area is 132 Å². The smallest absolute Gasteiger partial charge is 0.0897 e. The molecule has 0 aromatic carbocycles. The summed E-state index contributed by atoms with van der Waals surface area (Å²) in [4.78, 5) is 7.39. The minimum atomic E-state index is 0.257. The van der Waals surface area contributed by atoms with Crippen LogP contribution in [0.2, 0.25) is 0 Å². The molecule has 3 rings (SSSR count). The van der Waals surface area contributed by atoms with Crippen molar-refractivity contribution in [3.05, 3.63) is 16.1 Å². The van der Waals surface area contributed by atoms with Gasteiger partial charge in [0.15, 0.2) is 0 Å². The highest BCUT2D eigenvalue weighted by atomic mass is 32.1. The van der Waals surface area contributed by atoms with Crippen LogP contribution in [0, 0.1) is 6.92 Å². The molecule has 0 spiro atoms. The van der Waals surface area contributed by atoms with E-state index in [2.05, 4.69) is 27.6 Å². The predicted octanol–water partition coefficient (Wildman–Crippen LogP) is 2.62. The van der Waals surface area contributed by atoms with Crippen LogP contribution >= 0.6 is 11.3 Å². The molecule has 1 saturated heterocycles. The molecular weight excluding hydrogens is 280 g/mol. The van der Waals surface area contributed by atoms with E-state index in [-0.39, 0.29) is 5.54 Å². The van der Waals surface area contributed by atoms with Crippen LogP contribution in [0.1, 0.15) is 55.6 Å². The Bertz CT molecular complexity index is 447. The number of hydrazine groups is 1. The summed E-state index contributed by atoms with van der Waals surface area (Å²) in [5.74, 6) is 6.00. The SMILES string of the molecule is Cc1nc(CC(NN)C2(N3CCCCC3)CCCC2)cs1. The number of aromatic nitrogens is 1. The topological polar surface area (TPSA) is 54.2 Å². The molecule has 3 N–H and O–H groups in total. The van der Waals surface area contributed by atoms with Crippen LogP contribution in [-0.2, 0) is 6.42 Å². The molecule has 1 aromatic rings. The molecule has 2 aliphatic rings. The van der Waals surface area contributed by atoms with Crippen LogP contribution in [0.5, 0.6) is 0 Å².